The van der Waals surface area contributed by atoms with Crippen molar-refractivity contribution in [3.05, 3.63) is 53.1 Å². The van der Waals surface area contributed by atoms with Gasteiger partial charge in [-0.15, -0.1) is 0 Å². The van der Waals surface area contributed by atoms with Crippen molar-refractivity contribution in [2.45, 2.75) is 13.0 Å². The third-order valence-corrected chi connectivity index (χ3v) is 3.67. The molecule has 0 aliphatic carbocycles. The Morgan fingerprint density at radius 3 is 2.70 bits per heavy atom. The fourth-order valence-electron chi connectivity index (χ4n) is 2.24. The zero-order chi connectivity index (χ0) is 16.1. The van der Waals surface area contributed by atoms with Crippen LogP contribution in [0.4, 0.5) is 5.69 Å². The van der Waals surface area contributed by atoms with Gasteiger partial charge in [0, 0.05) is 30.2 Å². The predicted octanol–water partition coefficient (Wildman–Crippen LogP) is 3.19. The van der Waals surface area contributed by atoms with Gasteiger partial charge in [0.2, 0.25) is 12.7 Å². The van der Waals surface area contributed by atoms with Crippen LogP contribution in [0, 0.1) is 0 Å². The maximum atomic E-state index is 11.8. The van der Waals surface area contributed by atoms with Gasteiger partial charge in [-0.1, -0.05) is 17.7 Å². The number of fused-ring (bicyclic) bond motifs is 1. The van der Waals surface area contributed by atoms with Gasteiger partial charge in [0.15, 0.2) is 11.5 Å². The molecule has 0 atom stereocenters. The van der Waals surface area contributed by atoms with Crippen LogP contribution in [0.2, 0.25) is 5.02 Å². The predicted molar refractivity (Wildman–Crippen MR) is 89.0 cm³/mol. The molecule has 1 amide bonds. The molecule has 0 bridgehead atoms. The van der Waals surface area contributed by atoms with E-state index in [1.807, 2.05) is 18.2 Å². The summed E-state index contributed by atoms with van der Waals surface area (Å²) in [6.07, 6.45) is 0.396. The lowest BCUT2D eigenvalue weighted by atomic mass is 10.2. The van der Waals surface area contributed by atoms with Crippen molar-refractivity contribution < 1.29 is 14.3 Å². The van der Waals surface area contributed by atoms with Crippen LogP contribution in [0.1, 0.15) is 12.0 Å². The Balaban J connectivity index is 1.39. The van der Waals surface area contributed by atoms with E-state index in [0.717, 1.165) is 22.7 Å². The Kier molecular flexibility index (Phi) is 5.00. The van der Waals surface area contributed by atoms with E-state index >= 15 is 0 Å². The average molecular weight is 333 g/mol. The standard InChI is InChI=1S/C17H17ClN2O3/c18-13-2-4-14(5-3-13)20-17(21)7-8-19-10-12-1-6-15-16(9-12)23-11-22-15/h1-6,9,19H,7-8,10-11H2,(H,20,21). The number of ether oxygens (including phenoxy) is 2. The molecule has 1 aliphatic heterocycles. The van der Waals surface area contributed by atoms with Gasteiger partial charge in [0.25, 0.3) is 0 Å². The molecule has 2 N–H and O–H groups in total. The molecular formula is C17H17ClN2O3. The van der Waals surface area contributed by atoms with Gasteiger partial charge in [-0.05, 0) is 42.0 Å². The van der Waals surface area contributed by atoms with Crippen LogP contribution < -0.4 is 20.1 Å². The highest BCUT2D eigenvalue weighted by Crippen LogP contribution is 2.32. The van der Waals surface area contributed by atoms with Crippen LogP contribution in [0.15, 0.2) is 42.5 Å². The summed E-state index contributed by atoms with van der Waals surface area (Å²) in [5, 5.41) is 6.71. The summed E-state index contributed by atoms with van der Waals surface area (Å²) in [4.78, 5) is 11.8. The lowest BCUT2D eigenvalue weighted by molar-refractivity contribution is -0.116. The number of halogens is 1. The number of benzene rings is 2. The van der Waals surface area contributed by atoms with Crippen molar-refractivity contribution >= 4 is 23.2 Å². The number of hydrogen-bond donors (Lipinski definition) is 2. The summed E-state index contributed by atoms with van der Waals surface area (Å²) in [5.74, 6) is 1.51. The zero-order valence-electron chi connectivity index (χ0n) is 12.5. The van der Waals surface area contributed by atoms with Crippen LogP contribution in [0.5, 0.6) is 11.5 Å². The maximum absolute atomic E-state index is 11.8. The summed E-state index contributed by atoms with van der Waals surface area (Å²) in [5.41, 5.74) is 1.84. The topological polar surface area (TPSA) is 59.6 Å². The molecule has 0 unspecified atom stereocenters. The molecule has 0 radical (unpaired) electrons. The van der Waals surface area contributed by atoms with Crippen molar-refractivity contribution in [3.8, 4) is 11.5 Å². The first-order chi connectivity index (χ1) is 11.2. The minimum absolute atomic E-state index is 0.0366. The SMILES string of the molecule is O=C(CCNCc1ccc2c(c1)OCO2)Nc1ccc(Cl)cc1. The molecule has 1 aliphatic rings. The molecule has 120 valence electrons. The first-order valence-electron chi connectivity index (χ1n) is 7.35. The molecule has 23 heavy (non-hydrogen) atoms. The lowest BCUT2D eigenvalue weighted by Crippen LogP contribution is -2.21. The summed E-state index contributed by atoms with van der Waals surface area (Å²) >= 11 is 5.80. The van der Waals surface area contributed by atoms with Crippen molar-refractivity contribution in [2.24, 2.45) is 0 Å². The molecule has 2 aromatic rings. The van der Waals surface area contributed by atoms with Crippen LogP contribution >= 0.6 is 11.6 Å². The quantitative estimate of drug-likeness (QED) is 0.798. The van der Waals surface area contributed by atoms with E-state index in [1.165, 1.54) is 0 Å². The Bertz CT molecular complexity index is 689. The number of nitrogens with one attached hydrogen (secondary N) is 2. The van der Waals surface area contributed by atoms with E-state index in [-0.39, 0.29) is 12.7 Å². The number of carbonyl (C=O) groups is 1. The largest absolute Gasteiger partial charge is 0.454 e. The first-order valence-corrected chi connectivity index (χ1v) is 7.73. The highest BCUT2D eigenvalue weighted by molar-refractivity contribution is 6.30. The molecule has 0 fully saturated rings. The second kappa shape index (κ2) is 7.35. The van der Waals surface area contributed by atoms with Crippen molar-refractivity contribution in [2.75, 3.05) is 18.7 Å². The Labute approximate surface area is 139 Å². The normalized spacial score (nSPS) is 12.2. The second-order valence-electron chi connectivity index (χ2n) is 5.17. The number of rotatable bonds is 6. The summed E-state index contributed by atoms with van der Waals surface area (Å²) in [7, 11) is 0. The van der Waals surface area contributed by atoms with Crippen molar-refractivity contribution in [3.63, 3.8) is 0 Å². The van der Waals surface area contributed by atoms with E-state index in [0.29, 0.717) is 24.5 Å². The molecule has 2 aromatic carbocycles. The van der Waals surface area contributed by atoms with Gasteiger partial charge in [-0.2, -0.15) is 0 Å². The fraction of sp³-hybridized carbons (Fsp3) is 0.235. The average Bonchev–Trinajstić information content (AvgIpc) is 3.01. The number of anilines is 1. The Morgan fingerprint density at radius 1 is 1.09 bits per heavy atom. The number of amides is 1. The highest BCUT2D eigenvalue weighted by Gasteiger charge is 2.12. The van der Waals surface area contributed by atoms with Gasteiger partial charge in [0.1, 0.15) is 0 Å². The molecule has 0 aromatic heterocycles. The molecule has 0 spiro atoms. The molecule has 5 nitrogen and oxygen atoms in total. The van der Waals surface area contributed by atoms with Crippen LogP contribution in [0.3, 0.4) is 0 Å². The minimum Gasteiger partial charge on any atom is -0.454 e. The highest BCUT2D eigenvalue weighted by atomic mass is 35.5. The molecule has 3 rings (SSSR count). The second-order valence-corrected chi connectivity index (χ2v) is 5.61. The Hall–Kier alpha value is -2.24. The number of hydrogen-bond acceptors (Lipinski definition) is 4. The van der Waals surface area contributed by atoms with Gasteiger partial charge in [-0.25, -0.2) is 0 Å². The number of carbonyl (C=O) groups excluding carboxylic acids is 1. The van der Waals surface area contributed by atoms with Gasteiger partial charge < -0.3 is 20.1 Å². The third kappa shape index (κ3) is 4.37. The molecular weight excluding hydrogens is 316 g/mol. The first kappa shape index (κ1) is 15.6. The van der Waals surface area contributed by atoms with E-state index in [9.17, 15) is 4.79 Å². The van der Waals surface area contributed by atoms with Crippen molar-refractivity contribution in [1.29, 1.82) is 0 Å². The molecule has 0 saturated carbocycles. The smallest absolute Gasteiger partial charge is 0.231 e. The van der Waals surface area contributed by atoms with Gasteiger partial charge in [-0.3, -0.25) is 4.79 Å². The van der Waals surface area contributed by atoms with Crippen LogP contribution in [-0.2, 0) is 11.3 Å². The molecule has 1 heterocycles. The van der Waals surface area contributed by atoms with E-state index in [2.05, 4.69) is 10.6 Å². The lowest BCUT2D eigenvalue weighted by Gasteiger charge is -2.07. The molecule has 0 saturated heterocycles. The summed E-state index contributed by atoms with van der Waals surface area (Å²) < 4.78 is 10.6. The van der Waals surface area contributed by atoms with E-state index in [4.69, 9.17) is 21.1 Å². The minimum atomic E-state index is -0.0366. The van der Waals surface area contributed by atoms with E-state index < -0.39 is 0 Å². The maximum Gasteiger partial charge on any atom is 0.231 e. The molecule has 6 heteroatoms. The van der Waals surface area contributed by atoms with Crippen molar-refractivity contribution in [1.82, 2.24) is 5.32 Å². The summed E-state index contributed by atoms with van der Waals surface area (Å²) in [6, 6.07) is 12.9. The monoisotopic (exact) mass is 332 g/mol. The van der Waals surface area contributed by atoms with Crippen LogP contribution in [0.25, 0.3) is 0 Å². The fourth-order valence-corrected chi connectivity index (χ4v) is 2.37. The zero-order valence-corrected chi connectivity index (χ0v) is 13.2. The summed E-state index contributed by atoms with van der Waals surface area (Å²) in [6.45, 7) is 1.54. The Morgan fingerprint density at radius 2 is 1.87 bits per heavy atom. The van der Waals surface area contributed by atoms with E-state index in [1.54, 1.807) is 24.3 Å². The third-order valence-electron chi connectivity index (χ3n) is 3.42. The van der Waals surface area contributed by atoms with Gasteiger partial charge >= 0.3 is 0 Å². The van der Waals surface area contributed by atoms with Crippen LogP contribution in [-0.4, -0.2) is 19.2 Å². The van der Waals surface area contributed by atoms with Gasteiger partial charge in [0.05, 0.1) is 0 Å².